The zero-order chi connectivity index (χ0) is 21.8. The Morgan fingerprint density at radius 3 is 2.70 bits per heavy atom. The normalized spacial score (nSPS) is 21.3. The monoisotopic (exact) mass is 544 g/mol. The molecule has 2 aromatic rings. The number of alkyl halides is 1. The molecule has 6 nitrogen and oxygen atoms in total. The highest BCUT2D eigenvalue weighted by Gasteiger charge is 2.31. The molecule has 3 rings (SSSR count). The third-order valence-corrected chi connectivity index (χ3v) is 7.68. The maximum absolute atomic E-state index is 13.2. The fraction of sp³-hybridized carbons (Fsp3) is 0.591. The summed E-state index contributed by atoms with van der Waals surface area (Å²) in [5.41, 5.74) is 2.40. The number of carbonyl (C=O) groups is 1. The van der Waals surface area contributed by atoms with Crippen molar-refractivity contribution in [3.05, 3.63) is 29.5 Å². The van der Waals surface area contributed by atoms with E-state index in [1.54, 1.807) is 0 Å². The summed E-state index contributed by atoms with van der Waals surface area (Å²) >= 11 is 1.18. The first-order chi connectivity index (χ1) is 14.3. The van der Waals surface area contributed by atoms with Gasteiger partial charge in [-0.25, -0.2) is 0 Å². The van der Waals surface area contributed by atoms with E-state index in [2.05, 4.69) is 63.0 Å². The van der Waals surface area contributed by atoms with Crippen LogP contribution < -0.4 is 5.32 Å². The lowest BCUT2D eigenvalue weighted by atomic mass is 9.94. The minimum atomic E-state index is -1.18. The molecule has 30 heavy (non-hydrogen) atoms. The second-order valence-electron chi connectivity index (χ2n) is 8.62. The van der Waals surface area contributed by atoms with E-state index in [1.807, 2.05) is 25.1 Å². The molecule has 0 radical (unpaired) electrons. The van der Waals surface area contributed by atoms with Gasteiger partial charge in [-0.1, -0.05) is 36.4 Å². The number of rotatable bonds is 8. The van der Waals surface area contributed by atoms with Crippen molar-refractivity contribution in [1.29, 1.82) is 0 Å². The van der Waals surface area contributed by atoms with Crippen molar-refractivity contribution < 1.29 is 9.35 Å². The van der Waals surface area contributed by atoms with Crippen LogP contribution in [0.4, 0.5) is 0 Å². The fourth-order valence-corrected chi connectivity index (χ4v) is 6.54. The smallest absolute Gasteiger partial charge is 0.268 e. The Kier molecular flexibility index (Phi) is 8.48. The lowest BCUT2D eigenvalue weighted by molar-refractivity contribution is 0.0945. The van der Waals surface area contributed by atoms with Crippen LogP contribution in [-0.2, 0) is 11.4 Å². The number of aryl methyl sites for hydroxylation is 1. The van der Waals surface area contributed by atoms with Crippen LogP contribution >= 0.6 is 22.6 Å². The molecule has 1 fully saturated rings. The summed E-state index contributed by atoms with van der Waals surface area (Å²) in [6, 6.07) is 5.84. The zero-order valence-electron chi connectivity index (χ0n) is 18.3. The van der Waals surface area contributed by atoms with Crippen molar-refractivity contribution in [3.63, 3.8) is 0 Å². The van der Waals surface area contributed by atoms with E-state index in [0.717, 1.165) is 52.0 Å². The minimum absolute atomic E-state index is 0.0899. The molecular formula is C22H33IN4O2S. The van der Waals surface area contributed by atoms with Crippen molar-refractivity contribution in [1.82, 2.24) is 19.5 Å². The van der Waals surface area contributed by atoms with E-state index in [0.29, 0.717) is 24.1 Å². The molecule has 1 aliphatic rings. The quantitative estimate of drug-likeness (QED) is 0.303. The van der Waals surface area contributed by atoms with Gasteiger partial charge in [-0.3, -0.25) is 4.79 Å². The zero-order valence-corrected chi connectivity index (χ0v) is 21.3. The lowest BCUT2D eigenvalue weighted by Crippen LogP contribution is -2.42. The van der Waals surface area contributed by atoms with Crippen LogP contribution in [0, 0.1) is 18.8 Å². The molecule has 0 bridgehead atoms. The number of nitrogens with zero attached hydrogens (tertiary/aromatic N) is 2. The number of fused-ring (bicyclic) bond motifs is 1. The van der Waals surface area contributed by atoms with Gasteiger partial charge in [0, 0.05) is 54.1 Å². The molecule has 0 spiro atoms. The average molecular weight is 545 g/mol. The number of aromatic amines is 1. The molecule has 3 unspecified atom stereocenters. The number of carbonyl (C=O) groups excluding carboxylic acids is 1. The van der Waals surface area contributed by atoms with Crippen LogP contribution in [-0.4, -0.2) is 68.8 Å². The van der Waals surface area contributed by atoms with Gasteiger partial charge >= 0.3 is 0 Å². The molecule has 1 aliphatic heterocycles. The molecule has 1 aromatic carbocycles. The molecule has 0 aliphatic carbocycles. The number of aromatic nitrogens is 1. The van der Waals surface area contributed by atoms with E-state index in [4.69, 9.17) is 0 Å². The van der Waals surface area contributed by atoms with E-state index < -0.39 is 11.4 Å². The third kappa shape index (κ3) is 5.70. The molecule has 2 heterocycles. The summed E-state index contributed by atoms with van der Waals surface area (Å²) in [7, 11) is 2.06. The van der Waals surface area contributed by atoms with E-state index >= 15 is 0 Å². The first-order valence-corrected chi connectivity index (χ1v) is 13.2. The summed E-state index contributed by atoms with van der Waals surface area (Å²) in [4.78, 5) is 18.9. The molecule has 166 valence electrons. The number of H-pyrrole nitrogens is 1. The number of hydrogen-bond donors (Lipinski definition) is 2. The average Bonchev–Trinajstić information content (AvgIpc) is 3.03. The molecule has 1 amide bonds. The number of amides is 1. The number of likely N-dealkylation sites (N-methyl/N-ethyl adjacent to an activating group) is 1. The maximum Gasteiger partial charge on any atom is 0.268 e. The van der Waals surface area contributed by atoms with Crippen LogP contribution in [0.5, 0.6) is 0 Å². The summed E-state index contributed by atoms with van der Waals surface area (Å²) in [5, 5.41) is 3.97. The Balaban J connectivity index is 1.72. The number of nitrogens with one attached hydrogen (secondary N) is 2. The maximum atomic E-state index is 13.2. The molecule has 2 N–H and O–H groups in total. The predicted molar refractivity (Wildman–Crippen MR) is 133 cm³/mol. The van der Waals surface area contributed by atoms with E-state index in [1.165, 1.54) is 6.42 Å². The van der Waals surface area contributed by atoms with Crippen LogP contribution in [0.3, 0.4) is 0 Å². The first-order valence-electron chi connectivity index (χ1n) is 10.6. The number of benzene rings is 1. The SMILES string of the molecule is Cc1c(C(=O)NCCN(C)CCI)[nH]c2ccc([S+]([O-])N3CC(C)CC(C)C3)cc12. The largest absolute Gasteiger partial charge is 0.593 e. The summed E-state index contributed by atoms with van der Waals surface area (Å²) < 4.78 is 16.3. The van der Waals surface area contributed by atoms with Gasteiger partial charge in [0.2, 0.25) is 0 Å². The summed E-state index contributed by atoms with van der Waals surface area (Å²) in [6.07, 6.45) is 1.19. The molecular weight excluding hydrogens is 511 g/mol. The molecule has 0 saturated carbocycles. The van der Waals surface area contributed by atoms with Crippen LogP contribution in [0.15, 0.2) is 23.1 Å². The van der Waals surface area contributed by atoms with Gasteiger partial charge in [0.1, 0.15) is 5.69 Å². The van der Waals surface area contributed by atoms with Crippen molar-refractivity contribution in [2.24, 2.45) is 11.8 Å². The number of piperidine rings is 1. The summed E-state index contributed by atoms with van der Waals surface area (Å²) in [6.45, 7) is 10.6. The Morgan fingerprint density at radius 2 is 2.03 bits per heavy atom. The Hall–Kier alpha value is -0.810. The predicted octanol–water partition coefficient (Wildman–Crippen LogP) is 3.57. The topological polar surface area (TPSA) is 74.4 Å². The Labute approximate surface area is 196 Å². The van der Waals surface area contributed by atoms with Gasteiger partial charge in [-0.05, 0) is 49.9 Å². The second kappa shape index (κ2) is 10.7. The van der Waals surface area contributed by atoms with Crippen LogP contribution in [0.2, 0.25) is 0 Å². The van der Waals surface area contributed by atoms with Crippen molar-refractivity contribution in [3.8, 4) is 0 Å². The minimum Gasteiger partial charge on any atom is -0.593 e. The van der Waals surface area contributed by atoms with Crippen LogP contribution in [0.1, 0.15) is 36.3 Å². The second-order valence-corrected chi connectivity index (χ2v) is 11.2. The standard InChI is InChI=1S/C22H33IN4O2S/c1-15-11-16(2)14-27(13-15)30(29)18-5-6-20-19(12-18)17(3)21(25-20)22(28)24-8-10-26(4)9-7-23/h5-6,12,15-16,25H,7-11,13-14H2,1-4H3,(H,24,28). The highest BCUT2D eigenvalue weighted by atomic mass is 127. The van der Waals surface area contributed by atoms with Crippen molar-refractivity contribution >= 4 is 50.8 Å². The number of hydrogen-bond acceptors (Lipinski definition) is 4. The third-order valence-electron chi connectivity index (χ3n) is 5.77. The molecule has 3 atom stereocenters. The van der Waals surface area contributed by atoms with Gasteiger partial charge in [0.05, 0.1) is 11.4 Å². The highest BCUT2D eigenvalue weighted by molar-refractivity contribution is 14.1. The molecule has 1 aromatic heterocycles. The summed E-state index contributed by atoms with van der Waals surface area (Å²) in [5.74, 6) is 1.02. The number of halogens is 1. The van der Waals surface area contributed by atoms with Gasteiger partial charge in [-0.2, -0.15) is 0 Å². The van der Waals surface area contributed by atoms with E-state index in [-0.39, 0.29) is 5.91 Å². The first kappa shape index (κ1) is 23.8. The van der Waals surface area contributed by atoms with Crippen molar-refractivity contribution in [2.75, 3.05) is 44.2 Å². The molecule has 8 heteroatoms. The van der Waals surface area contributed by atoms with Gasteiger partial charge < -0.3 is 19.8 Å². The Morgan fingerprint density at radius 1 is 1.33 bits per heavy atom. The highest BCUT2D eigenvalue weighted by Crippen LogP contribution is 2.30. The van der Waals surface area contributed by atoms with Gasteiger partial charge in [-0.15, -0.1) is 4.31 Å². The van der Waals surface area contributed by atoms with Gasteiger partial charge in [0.15, 0.2) is 4.90 Å². The van der Waals surface area contributed by atoms with Gasteiger partial charge in [0.25, 0.3) is 5.91 Å². The van der Waals surface area contributed by atoms with Crippen molar-refractivity contribution in [2.45, 2.75) is 32.1 Å². The molecule has 1 saturated heterocycles. The van der Waals surface area contributed by atoms with E-state index in [9.17, 15) is 9.35 Å². The Bertz CT molecular complexity index is 864. The van der Waals surface area contributed by atoms with Crippen LogP contribution in [0.25, 0.3) is 10.9 Å². The lowest BCUT2D eigenvalue weighted by Gasteiger charge is -2.34. The fourth-order valence-electron chi connectivity index (χ4n) is 4.24.